The first-order valence-electron chi connectivity index (χ1n) is 8.38. The third kappa shape index (κ3) is 3.97. The molecule has 0 aromatic carbocycles. The lowest BCUT2D eigenvalue weighted by atomic mass is 9.70. The van der Waals surface area contributed by atoms with Gasteiger partial charge in [0.1, 0.15) is 6.04 Å². The second-order valence-corrected chi connectivity index (χ2v) is 6.75. The predicted molar refractivity (Wildman–Crippen MR) is 85.5 cm³/mol. The molecular formula is C17H31N3O. The number of rotatable bonds is 6. The molecule has 1 fully saturated rings. The molecule has 0 radical (unpaired) electrons. The average Bonchev–Trinajstić information content (AvgIpc) is 2.51. The second-order valence-electron chi connectivity index (χ2n) is 6.75. The monoisotopic (exact) mass is 293 g/mol. The van der Waals surface area contributed by atoms with Crippen molar-refractivity contribution in [3.8, 4) is 6.07 Å². The van der Waals surface area contributed by atoms with Gasteiger partial charge in [-0.1, -0.05) is 40.0 Å². The highest BCUT2D eigenvalue weighted by atomic mass is 16.2. The number of hydrogen-bond acceptors (Lipinski definition) is 3. The van der Waals surface area contributed by atoms with Crippen molar-refractivity contribution < 1.29 is 4.79 Å². The Bertz CT molecular complexity index is 382. The van der Waals surface area contributed by atoms with Gasteiger partial charge in [0.05, 0.1) is 12.1 Å². The van der Waals surface area contributed by atoms with Gasteiger partial charge >= 0.3 is 0 Å². The molecule has 0 aromatic heterocycles. The van der Waals surface area contributed by atoms with E-state index in [0.717, 1.165) is 32.1 Å². The van der Waals surface area contributed by atoms with Crippen LogP contribution in [0.15, 0.2) is 0 Å². The molecule has 4 nitrogen and oxygen atoms in total. The van der Waals surface area contributed by atoms with Crippen LogP contribution in [-0.2, 0) is 4.79 Å². The summed E-state index contributed by atoms with van der Waals surface area (Å²) < 4.78 is 0. The summed E-state index contributed by atoms with van der Waals surface area (Å²) in [5, 5.41) is 9.36. The molecule has 1 amide bonds. The summed E-state index contributed by atoms with van der Waals surface area (Å²) in [4.78, 5) is 14.7. The van der Waals surface area contributed by atoms with E-state index in [2.05, 4.69) is 13.0 Å². The summed E-state index contributed by atoms with van der Waals surface area (Å²) in [6.45, 7) is 8.14. The minimum absolute atomic E-state index is 0.0397. The van der Waals surface area contributed by atoms with Crippen molar-refractivity contribution in [1.82, 2.24) is 4.90 Å². The van der Waals surface area contributed by atoms with Crippen molar-refractivity contribution in [2.45, 2.75) is 90.8 Å². The van der Waals surface area contributed by atoms with Crippen LogP contribution in [-0.4, -0.2) is 28.9 Å². The molecule has 1 saturated carbocycles. The Hall–Kier alpha value is -1.08. The van der Waals surface area contributed by atoms with Crippen molar-refractivity contribution in [2.24, 2.45) is 11.1 Å². The summed E-state index contributed by atoms with van der Waals surface area (Å²) in [6, 6.07) is 1.46. The van der Waals surface area contributed by atoms with Gasteiger partial charge in [0, 0.05) is 6.04 Å². The SMILES string of the molecule is CC[C@@H](C)N(C(=O)C(N)C1(C)CCCCC1)[C@H](C#N)CC. The zero-order valence-corrected chi connectivity index (χ0v) is 14.1. The number of nitriles is 1. The molecule has 1 aliphatic carbocycles. The van der Waals surface area contributed by atoms with Gasteiger partial charge in [-0.3, -0.25) is 4.79 Å². The van der Waals surface area contributed by atoms with Crippen LogP contribution in [0.5, 0.6) is 0 Å². The van der Waals surface area contributed by atoms with E-state index in [0.29, 0.717) is 6.42 Å². The van der Waals surface area contributed by atoms with Crippen LogP contribution in [0.4, 0.5) is 0 Å². The van der Waals surface area contributed by atoms with E-state index in [1.807, 2.05) is 20.8 Å². The Balaban J connectivity index is 2.96. The highest BCUT2D eigenvalue weighted by Gasteiger charge is 2.41. The highest BCUT2D eigenvalue weighted by Crippen LogP contribution is 2.39. The van der Waals surface area contributed by atoms with Crippen LogP contribution in [0, 0.1) is 16.7 Å². The first-order valence-corrected chi connectivity index (χ1v) is 8.38. The summed E-state index contributed by atoms with van der Waals surface area (Å²) in [7, 11) is 0. The molecule has 1 rings (SSSR count). The lowest BCUT2D eigenvalue weighted by molar-refractivity contribution is -0.140. The third-order valence-electron chi connectivity index (χ3n) is 5.20. The molecule has 3 atom stereocenters. The van der Waals surface area contributed by atoms with E-state index in [1.165, 1.54) is 6.42 Å². The predicted octanol–water partition coefficient (Wildman–Crippen LogP) is 3.21. The Labute approximate surface area is 129 Å². The number of carbonyl (C=O) groups is 1. The molecule has 0 spiro atoms. The van der Waals surface area contributed by atoms with Crippen molar-refractivity contribution >= 4 is 5.91 Å². The molecule has 0 saturated heterocycles. The smallest absolute Gasteiger partial charge is 0.241 e. The Morgan fingerprint density at radius 3 is 2.29 bits per heavy atom. The van der Waals surface area contributed by atoms with E-state index >= 15 is 0 Å². The summed E-state index contributed by atoms with van der Waals surface area (Å²) in [5.41, 5.74) is 6.25. The van der Waals surface area contributed by atoms with E-state index in [1.54, 1.807) is 4.90 Å². The van der Waals surface area contributed by atoms with E-state index in [-0.39, 0.29) is 23.4 Å². The zero-order valence-electron chi connectivity index (χ0n) is 14.1. The Kier molecular flexibility index (Phi) is 6.67. The quantitative estimate of drug-likeness (QED) is 0.817. The van der Waals surface area contributed by atoms with Crippen LogP contribution in [0.25, 0.3) is 0 Å². The van der Waals surface area contributed by atoms with Gasteiger partial charge in [-0.25, -0.2) is 0 Å². The molecule has 0 heterocycles. The minimum atomic E-state index is -0.491. The molecule has 0 aliphatic heterocycles. The van der Waals surface area contributed by atoms with Gasteiger partial charge in [0.2, 0.25) is 5.91 Å². The first-order chi connectivity index (χ1) is 9.91. The lowest BCUT2D eigenvalue weighted by Crippen LogP contribution is -2.57. The van der Waals surface area contributed by atoms with Crippen LogP contribution in [0.2, 0.25) is 0 Å². The third-order valence-corrected chi connectivity index (χ3v) is 5.20. The van der Waals surface area contributed by atoms with Crippen LogP contribution >= 0.6 is 0 Å². The highest BCUT2D eigenvalue weighted by molar-refractivity contribution is 5.83. The summed E-state index contributed by atoms with van der Waals surface area (Å²) in [5.74, 6) is -0.0397. The number of hydrogen-bond donors (Lipinski definition) is 1. The maximum Gasteiger partial charge on any atom is 0.241 e. The summed E-state index contributed by atoms with van der Waals surface area (Å²) >= 11 is 0. The van der Waals surface area contributed by atoms with Crippen molar-refractivity contribution in [3.05, 3.63) is 0 Å². The first kappa shape index (κ1) is 18.0. The van der Waals surface area contributed by atoms with Gasteiger partial charge in [-0.05, 0) is 38.0 Å². The second kappa shape index (κ2) is 7.79. The maximum absolute atomic E-state index is 13.0. The van der Waals surface area contributed by atoms with Gasteiger partial charge in [-0.2, -0.15) is 5.26 Å². The molecule has 1 aliphatic rings. The minimum Gasteiger partial charge on any atom is -0.323 e. The lowest BCUT2D eigenvalue weighted by Gasteiger charge is -2.42. The number of nitrogens with zero attached hydrogens (tertiary/aromatic N) is 2. The molecule has 21 heavy (non-hydrogen) atoms. The molecule has 4 heteroatoms. The standard InChI is InChI=1S/C17H31N3O/c1-5-13(3)20(14(6-2)12-18)16(21)15(19)17(4)10-8-7-9-11-17/h13-15H,5-11,19H2,1-4H3/t13-,14+,15?/m1/s1. The van der Waals surface area contributed by atoms with Crippen LogP contribution < -0.4 is 5.73 Å². The topological polar surface area (TPSA) is 70.1 Å². The van der Waals surface area contributed by atoms with Crippen molar-refractivity contribution in [1.29, 1.82) is 5.26 Å². The molecular weight excluding hydrogens is 262 g/mol. The van der Waals surface area contributed by atoms with E-state index in [4.69, 9.17) is 5.73 Å². The molecule has 1 unspecified atom stereocenters. The van der Waals surface area contributed by atoms with Crippen LogP contribution in [0.1, 0.15) is 72.6 Å². The average molecular weight is 293 g/mol. The molecule has 0 aromatic rings. The fourth-order valence-electron chi connectivity index (χ4n) is 3.35. The zero-order chi connectivity index (χ0) is 16.0. The number of amides is 1. The summed E-state index contributed by atoms with van der Waals surface area (Å²) in [6.07, 6.45) is 7.05. The normalized spacial score (nSPS) is 21.9. The van der Waals surface area contributed by atoms with E-state index in [9.17, 15) is 10.1 Å². The van der Waals surface area contributed by atoms with Gasteiger partial charge in [0.25, 0.3) is 0 Å². The van der Waals surface area contributed by atoms with E-state index < -0.39 is 6.04 Å². The molecule has 120 valence electrons. The number of nitrogens with two attached hydrogens (primary N) is 1. The van der Waals surface area contributed by atoms with Crippen LogP contribution in [0.3, 0.4) is 0 Å². The Morgan fingerprint density at radius 2 is 1.86 bits per heavy atom. The fourth-order valence-corrected chi connectivity index (χ4v) is 3.35. The molecule has 0 bridgehead atoms. The van der Waals surface area contributed by atoms with Gasteiger partial charge < -0.3 is 10.6 Å². The van der Waals surface area contributed by atoms with Gasteiger partial charge in [0.15, 0.2) is 0 Å². The van der Waals surface area contributed by atoms with Crippen molar-refractivity contribution in [3.63, 3.8) is 0 Å². The molecule has 2 N–H and O–H groups in total. The fraction of sp³-hybridized carbons (Fsp3) is 0.882. The largest absolute Gasteiger partial charge is 0.323 e. The van der Waals surface area contributed by atoms with Crippen molar-refractivity contribution in [2.75, 3.05) is 0 Å². The number of carbonyl (C=O) groups excluding carboxylic acids is 1. The Morgan fingerprint density at radius 1 is 1.29 bits per heavy atom. The van der Waals surface area contributed by atoms with Gasteiger partial charge in [-0.15, -0.1) is 0 Å². The maximum atomic E-state index is 13.0.